The summed E-state index contributed by atoms with van der Waals surface area (Å²) in [6.45, 7) is 8.51. The molecule has 0 radical (unpaired) electrons. The molecule has 0 amide bonds. The number of rotatable bonds is 8. The van der Waals surface area contributed by atoms with Crippen LogP contribution in [0.15, 0.2) is 22.7 Å². The topological polar surface area (TPSA) is 36.9 Å². The Balaban J connectivity index is 2.64. The van der Waals surface area contributed by atoms with E-state index in [0.29, 0.717) is 13.2 Å². The van der Waals surface area contributed by atoms with Gasteiger partial charge in [0.1, 0.15) is 0 Å². The first-order valence-electron chi connectivity index (χ1n) is 6.84. The van der Waals surface area contributed by atoms with Crippen molar-refractivity contribution in [3.8, 4) is 0 Å². The van der Waals surface area contributed by atoms with Crippen LogP contribution in [-0.2, 0) is 32.2 Å². The minimum atomic E-state index is -0.594. The van der Waals surface area contributed by atoms with Crippen LogP contribution in [0, 0.1) is 0 Å². The molecule has 0 unspecified atom stereocenters. The second kappa shape index (κ2) is 7.70. The standard InChI is InChI=1S/C16H25BrO4/c1-15(2,18-5)20-10-12-7-8-13(14(17)9-12)11-21-16(3,4)19-6/h7-9H,10-11H2,1-6H3. The molecule has 5 heteroatoms. The average molecular weight is 361 g/mol. The molecule has 0 bridgehead atoms. The van der Waals surface area contributed by atoms with Crippen molar-refractivity contribution in [3.63, 3.8) is 0 Å². The van der Waals surface area contributed by atoms with Gasteiger partial charge in [0.25, 0.3) is 0 Å². The van der Waals surface area contributed by atoms with Gasteiger partial charge >= 0.3 is 0 Å². The van der Waals surface area contributed by atoms with E-state index in [1.54, 1.807) is 14.2 Å². The van der Waals surface area contributed by atoms with Gasteiger partial charge in [-0.05, 0) is 44.9 Å². The Morgan fingerprint density at radius 3 is 1.90 bits per heavy atom. The Labute approximate surface area is 135 Å². The van der Waals surface area contributed by atoms with E-state index in [1.807, 2.05) is 45.9 Å². The molecular formula is C16H25BrO4. The monoisotopic (exact) mass is 360 g/mol. The summed E-state index contributed by atoms with van der Waals surface area (Å²) in [4.78, 5) is 0. The molecule has 0 spiro atoms. The molecule has 1 aromatic rings. The van der Waals surface area contributed by atoms with Crippen LogP contribution in [0.4, 0.5) is 0 Å². The summed E-state index contributed by atoms with van der Waals surface area (Å²) in [7, 11) is 3.26. The summed E-state index contributed by atoms with van der Waals surface area (Å²) in [5.74, 6) is -1.18. The molecule has 1 rings (SSSR count). The van der Waals surface area contributed by atoms with E-state index >= 15 is 0 Å². The number of ether oxygens (including phenoxy) is 4. The Kier molecular flexibility index (Phi) is 6.81. The maximum Gasteiger partial charge on any atom is 0.162 e. The highest BCUT2D eigenvalue weighted by Gasteiger charge is 2.18. The molecule has 1 aromatic carbocycles. The number of benzene rings is 1. The zero-order valence-corrected chi connectivity index (χ0v) is 15.2. The first-order valence-corrected chi connectivity index (χ1v) is 7.64. The third-order valence-electron chi connectivity index (χ3n) is 3.26. The normalized spacial score (nSPS) is 12.7. The van der Waals surface area contributed by atoms with Crippen LogP contribution >= 0.6 is 15.9 Å². The van der Waals surface area contributed by atoms with E-state index in [-0.39, 0.29) is 0 Å². The summed E-state index contributed by atoms with van der Waals surface area (Å²) in [6, 6.07) is 6.08. The van der Waals surface area contributed by atoms with E-state index < -0.39 is 11.6 Å². The maximum atomic E-state index is 5.71. The van der Waals surface area contributed by atoms with E-state index in [4.69, 9.17) is 18.9 Å². The first kappa shape index (κ1) is 18.6. The maximum absolute atomic E-state index is 5.71. The molecule has 0 saturated carbocycles. The number of hydrogen-bond donors (Lipinski definition) is 0. The van der Waals surface area contributed by atoms with Gasteiger partial charge in [0.15, 0.2) is 11.6 Å². The molecule has 0 fully saturated rings. The van der Waals surface area contributed by atoms with Crippen LogP contribution < -0.4 is 0 Å². The molecule has 120 valence electrons. The zero-order chi connectivity index (χ0) is 16.1. The predicted octanol–water partition coefficient (Wildman–Crippen LogP) is 4.25. The predicted molar refractivity (Wildman–Crippen MR) is 85.9 cm³/mol. The van der Waals surface area contributed by atoms with E-state index in [2.05, 4.69) is 15.9 Å². The second-order valence-corrected chi connectivity index (χ2v) is 6.57. The van der Waals surface area contributed by atoms with Crippen molar-refractivity contribution >= 4 is 15.9 Å². The van der Waals surface area contributed by atoms with E-state index in [1.165, 1.54) is 0 Å². The third kappa shape index (κ3) is 6.45. The lowest BCUT2D eigenvalue weighted by Crippen LogP contribution is -2.26. The van der Waals surface area contributed by atoms with Crippen LogP contribution in [0.5, 0.6) is 0 Å². The quantitative estimate of drug-likeness (QED) is 0.649. The van der Waals surface area contributed by atoms with Crippen molar-refractivity contribution < 1.29 is 18.9 Å². The van der Waals surface area contributed by atoms with Gasteiger partial charge in [0, 0.05) is 18.7 Å². The molecular weight excluding hydrogens is 336 g/mol. The smallest absolute Gasteiger partial charge is 0.162 e. The Bertz CT molecular complexity index is 458. The molecule has 0 N–H and O–H groups in total. The summed E-state index contributed by atoms with van der Waals surface area (Å²) in [5.41, 5.74) is 2.14. The Hall–Kier alpha value is -0.460. The average Bonchev–Trinajstić information content (AvgIpc) is 2.44. The molecule has 0 aliphatic rings. The van der Waals surface area contributed by atoms with Gasteiger partial charge in [-0.25, -0.2) is 0 Å². The third-order valence-corrected chi connectivity index (χ3v) is 4.00. The number of hydrogen-bond acceptors (Lipinski definition) is 4. The van der Waals surface area contributed by atoms with Gasteiger partial charge in [-0.15, -0.1) is 0 Å². The van der Waals surface area contributed by atoms with Crippen molar-refractivity contribution in [3.05, 3.63) is 33.8 Å². The second-order valence-electron chi connectivity index (χ2n) is 5.71. The summed E-state index contributed by atoms with van der Waals surface area (Å²) >= 11 is 3.57. The van der Waals surface area contributed by atoms with Crippen LogP contribution in [0.1, 0.15) is 38.8 Å². The summed E-state index contributed by atoms with van der Waals surface area (Å²) in [5, 5.41) is 0. The van der Waals surface area contributed by atoms with Gasteiger partial charge in [0.05, 0.1) is 13.2 Å². The van der Waals surface area contributed by atoms with Crippen LogP contribution in [0.2, 0.25) is 0 Å². The Morgan fingerprint density at radius 2 is 1.43 bits per heavy atom. The first-order chi connectivity index (χ1) is 9.69. The highest BCUT2D eigenvalue weighted by atomic mass is 79.9. The SMILES string of the molecule is COC(C)(C)OCc1ccc(COC(C)(C)OC)c(Br)c1. The van der Waals surface area contributed by atoms with Crippen molar-refractivity contribution in [2.75, 3.05) is 14.2 Å². The molecule has 0 heterocycles. The molecule has 0 atom stereocenters. The van der Waals surface area contributed by atoms with Gasteiger partial charge in [-0.3, -0.25) is 0 Å². The largest absolute Gasteiger partial charge is 0.354 e. The lowest BCUT2D eigenvalue weighted by atomic mass is 10.1. The van der Waals surface area contributed by atoms with Gasteiger partial charge in [-0.1, -0.05) is 28.1 Å². The van der Waals surface area contributed by atoms with Crippen molar-refractivity contribution in [2.45, 2.75) is 52.5 Å². The highest BCUT2D eigenvalue weighted by Crippen LogP contribution is 2.23. The molecule has 0 aliphatic heterocycles. The molecule has 4 nitrogen and oxygen atoms in total. The highest BCUT2D eigenvalue weighted by molar-refractivity contribution is 9.10. The molecule has 21 heavy (non-hydrogen) atoms. The fraction of sp³-hybridized carbons (Fsp3) is 0.625. The molecule has 0 saturated heterocycles. The van der Waals surface area contributed by atoms with Crippen LogP contribution in [0.25, 0.3) is 0 Å². The number of methoxy groups -OCH3 is 2. The fourth-order valence-electron chi connectivity index (χ4n) is 1.42. The van der Waals surface area contributed by atoms with E-state index in [0.717, 1.165) is 15.6 Å². The minimum Gasteiger partial charge on any atom is -0.354 e. The van der Waals surface area contributed by atoms with Crippen molar-refractivity contribution in [1.29, 1.82) is 0 Å². The van der Waals surface area contributed by atoms with Gasteiger partial charge in [-0.2, -0.15) is 0 Å². The minimum absolute atomic E-state index is 0.478. The Morgan fingerprint density at radius 1 is 0.905 bits per heavy atom. The van der Waals surface area contributed by atoms with E-state index in [9.17, 15) is 0 Å². The fourth-order valence-corrected chi connectivity index (χ4v) is 1.96. The zero-order valence-electron chi connectivity index (χ0n) is 13.7. The number of halogens is 1. The van der Waals surface area contributed by atoms with Crippen LogP contribution in [0.3, 0.4) is 0 Å². The summed E-state index contributed by atoms with van der Waals surface area (Å²) < 4.78 is 22.9. The lowest BCUT2D eigenvalue weighted by molar-refractivity contribution is -0.205. The lowest BCUT2D eigenvalue weighted by Gasteiger charge is -2.24. The van der Waals surface area contributed by atoms with Gasteiger partial charge in [0.2, 0.25) is 0 Å². The van der Waals surface area contributed by atoms with Crippen LogP contribution in [-0.4, -0.2) is 25.8 Å². The van der Waals surface area contributed by atoms with Crippen molar-refractivity contribution in [1.82, 2.24) is 0 Å². The molecule has 0 aliphatic carbocycles. The summed E-state index contributed by atoms with van der Waals surface area (Å²) in [6.07, 6.45) is 0. The van der Waals surface area contributed by atoms with Gasteiger partial charge < -0.3 is 18.9 Å². The van der Waals surface area contributed by atoms with Crippen molar-refractivity contribution in [2.24, 2.45) is 0 Å². The molecule has 0 aromatic heterocycles.